The van der Waals surface area contributed by atoms with Gasteiger partial charge in [0.15, 0.2) is 0 Å². The van der Waals surface area contributed by atoms with Crippen LogP contribution in [0.15, 0.2) is 35.5 Å². The number of nitrogens with zero attached hydrogens (tertiary/aromatic N) is 3. The average molecular weight is 289 g/mol. The van der Waals surface area contributed by atoms with E-state index in [1.54, 1.807) is 43.9 Å². The number of carbonyl (C=O) groups is 1. The standard InChI is InChI=1S/C14H15N3O2S/c1-17(2)9-16-14-15-8-12(20-14)13(18)10-4-6-11(19-3)7-5-10/h4-9H,1-3H3/b16-9+. The lowest BCUT2D eigenvalue weighted by Crippen LogP contribution is -2.06. The molecule has 0 N–H and O–H groups in total. The number of aliphatic imine (C=N–C) groups is 1. The van der Waals surface area contributed by atoms with Gasteiger partial charge in [-0.1, -0.05) is 11.3 Å². The van der Waals surface area contributed by atoms with Crippen LogP contribution in [-0.2, 0) is 0 Å². The molecule has 0 bridgehead atoms. The average Bonchev–Trinajstić information content (AvgIpc) is 2.93. The van der Waals surface area contributed by atoms with Crippen molar-refractivity contribution in [2.45, 2.75) is 0 Å². The van der Waals surface area contributed by atoms with Gasteiger partial charge >= 0.3 is 0 Å². The van der Waals surface area contributed by atoms with E-state index in [0.29, 0.717) is 15.6 Å². The SMILES string of the molecule is COc1ccc(C(=O)c2cnc(/N=C/N(C)C)s2)cc1. The highest BCUT2D eigenvalue weighted by molar-refractivity contribution is 7.17. The van der Waals surface area contributed by atoms with Crippen molar-refractivity contribution in [3.63, 3.8) is 0 Å². The molecule has 0 aliphatic rings. The zero-order valence-corrected chi connectivity index (χ0v) is 12.3. The molecule has 0 spiro atoms. The lowest BCUT2D eigenvalue weighted by atomic mass is 10.1. The Kier molecular flexibility index (Phi) is 4.47. The number of benzene rings is 1. The van der Waals surface area contributed by atoms with E-state index in [4.69, 9.17) is 4.74 Å². The van der Waals surface area contributed by atoms with E-state index in [-0.39, 0.29) is 5.78 Å². The first kappa shape index (κ1) is 14.2. The number of aromatic nitrogens is 1. The third kappa shape index (κ3) is 3.42. The van der Waals surface area contributed by atoms with Crippen LogP contribution in [0.2, 0.25) is 0 Å². The maximum Gasteiger partial charge on any atom is 0.211 e. The van der Waals surface area contributed by atoms with Crippen LogP contribution >= 0.6 is 11.3 Å². The summed E-state index contributed by atoms with van der Waals surface area (Å²) in [6.07, 6.45) is 3.21. The highest BCUT2D eigenvalue weighted by Gasteiger charge is 2.12. The molecule has 2 rings (SSSR count). The van der Waals surface area contributed by atoms with Gasteiger partial charge in [0.05, 0.1) is 24.5 Å². The molecule has 0 atom stereocenters. The Morgan fingerprint density at radius 2 is 2.05 bits per heavy atom. The summed E-state index contributed by atoms with van der Waals surface area (Å²) >= 11 is 1.27. The van der Waals surface area contributed by atoms with Gasteiger partial charge in [-0.15, -0.1) is 0 Å². The van der Waals surface area contributed by atoms with Crippen LogP contribution in [0.25, 0.3) is 0 Å². The number of hydrogen-bond donors (Lipinski definition) is 0. The summed E-state index contributed by atoms with van der Waals surface area (Å²) in [6.45, 7) is 0. The molecule has 0 aliphatic heterocycles. The molecule has 0 radical (unpaired) electrons. The summed E-state index contributed by atoms with van der Waals surface area (Å²) in [5.74, 6) is 0.665. The van der Waals surface area contributed by atoms with E-state index in [1.165, 1.54) is 11.3 Å². The van der Waals surface area contributed by atoms with Crippen molar-refractivity contribution in [2.75, 3.05) is 21.2 Å². The Morgan fingerprint density at radius 1 is 1.35 bits per heavy atom. The predicted octanol–water partition coefficient (Wildman–Crippen LogP) is 2.60. The highest BCUT2D eigenvalue weighted by Crippen LogP contribution is 2.24. The number of hydrogen-bond acceptors (Lipinski definition) is 5. The van der Waals surface area contributed by atoms with E-state index in [0.717, 1.165) is 5.75 Å². The minimum atomic E-state index is -0.0588. The molecule has 1 aromatic heterocycles. The molecule has 0 saturated carbocycles. The fourth-order valence-corrected chi connectivity index (χ4v) is 2.20. The summed E-state index contributed by atoms with van der Waals surface area (Å²) in [5, 5.41) is 0.565. The predicted molar refractivity (Wildman–Crippen MR) is 80.4 cm³/mol. The van der Waals surface area contributed by atoms with Crippen LogP contribution in [0, 0.1) is 0 Å². The van der Waals surface area contributed by atoms with E-state index >= 15 is 0 Å². The largest absolute Gasteiger partial charge is 0.497 e. The van der Waals surface area contributed by atoms with E-state index in [2.05, 4.69) is 9.98 Å². The number of ketones is 1. The number of methoxy groups -OCH3 is 1. The molecule has 0 fully saturated rings. The van der Waals surface area contributed by atoms with E-state index in [1.807, 2.05) is 19.0 Å². The van der Waals surface area contributed by atoms with Crippen LogP contribution < -0.4 is 4.74 Å². The second-order valence-corrected chi connectivity index (χ2v) is 5.28. The van der Waals surface area contributed by atoms with Crippen molar-refractivity contribution >= 4 is 28.6 Å². The summed E-state index contributed by atoms with van der Waals surface area (Å²) in [7, 11) is 5.34. The van der Waals surface area contributed by atoms with Crippen LogP contribution in [0.3, 0.4) is 0 Å². The zero-order valence-electron chi connectivity index (χ0n) is 11.5. The normalized spacial score (nSPS) is 10.8. The molecule has 0 aliphatic carbocycles. The molecule has 6 heteroatoms. The Bertz CT molecular complexity index is 618. The van der Waals surface area contributed by atoms with Crippen molar-refractivity contribution in [1.29, 1.82) is 0 Å². The van der Waals surface area contributed by atoms with Gasteiger partial charge in [-0.3, -0.25) is 4.79 Å². The third-order valence-corrected chi connectivity index (χ3v) is 3.37. The van der Waals surface area contributed by atoms with Crippen molar-refractivity contribution in [1.82, 2.24) is 9.88 Å². The minimum absolute atomic E-state index is 0.0588. The third-order valence-electron chi connectivity index (χ3n) is 2.47. The highest BCUT2D eigenvalue weighted by atomic mass is 32.1. The number of ether oxygens (including phenoxy) is 1. The van der Waals surface area contributed by atoms with Crippen LogP contribution in [-0.4, -0.2) is 43.2 Å². The van der Waals surface area contributed by atoms with E-state index < -0.39 is 0 Å². The van der Waals surface area contributed by atoms with Crippen LogP contribution in [0.1, 0.15) is 15.2 Å². The zero-order chi connectivity index (χ0) is 14.5. The van der Waals surface area contributed by atoms with Gasteiger partial charge in [0.2, 0.25) is 10.9 Å². The molecule has 104 valence electrons. The molecular weight excluding hydrogens is 274 g/mol. The van der Waals surface area contributed by atoms with Gasteiger partial charge in [0.1, 0.15) is 5.75 Å². The van der Waals surface area contributed by atoms with Crippen LogP contribution in [0.4, 0.5) is 5.13 Å². The summed E-state index contributed by atoms with van der Waals surface area (Å²) in [4.78, 5) is 22.9. The Morgan fingerprint density at radius 3 is 2.65 bits per heavy atom. The number of thiazole rings is 1. The van der Waals surface area contributed by atoms with Crippen molar-refractivity contribution in [3.8, 4) is 5.75 Å². The molecule has 2 aromatic rings. The first-order chi connectivity index (χ1) is 9.60. The molecule has 0 amide bonds. The first-order valence-corrected chi connectivity index (χ1v) is 6.77. The van der Waals surface area contributed by atoms with Gasteiger partial charge in [0.25, 0.3) is 0 Å². The lowest BCUT2D eigenvalue weighted by Gasteiger charge is -2.01. The number of rotatable bonds is 5. The second kappa shape index (κ2) is 6.29. The summed E-state index contributed by atoms with van der Waals surface area (Å²) in [6, 6.07) is 7.01. The van der Waals surface area contributed by atoms with Crippen molar-refractivity contribution in [3.05, 3.63) is 40.9 Å². The lowest BCUT2D eigenvalue weighted by molar-refractivity contribution is 0.104. The van der Waals surface area contributed by atoms with Crippen molar-refractivity contribution < 1.29 is 9.53 Å². The molecule has 0 unspecified atom stereocenters. The fraction of sp³-hybridized carbons (Fsp3) is 0.214. The second-order valence-electron chi connectivity index (χ2n) is 4.27. The monoisotopic (exact) mass is 289 g/mol. The maximum absolute atomic E-state index is 12.3. The maximum atomic E-state index is 12.3. The van der Waals surface area contributed by atoms with Gasteiger partial charge in [-0.05, 0) is 24.3 Å². The van der Waals surface area contributed by atoms with Gasteiger partial charge < -0.3 is 9.64 Å². The Hall–Kier alpha value is -2.21. The Labute approximate surface area is 121 Å². The molecule has 1 heterocycles. The van der Waals surface area contributed by atoms with Gasteiger partial charge in [0, 0.05) is 19.7 Å². The smallest absolute Gasteiger partial charge is 0.211 e. The topological polar surface area (TPSA) is 54.8 Å². The molecule has 1 aromatic carbocycles. The molecule has 0 saturated heterocycles. The van der Waals surface area contributed by atoms with Crippen molar-refractivity contribution in [2.24, 2.45) is 4.99 Å². The Balaban J connectivity index is 2.16. The number of carbonyl (C=O) groups excluding carboxylic acids is 1. The molecular formula is C14H15N3O2S. The molecule has 20 heavy (non-hydrogen) atoms. The minimum Gasteiger partial charge on any atom is -0.497 e. The molecule has 5 nitrogen and oxygen atoms in total. The first-order valence-electron chi connectivity index (χ1n) is 5.95. The fourth-order valence-electron chi connectivity index (χ4n) is 1.48. The summed E-state index contributed by atoms with van der Waals surface area (Å²) in [5.41, 5.74) is 0.609. The van der Waals surface area contributed by atoms with Gasteiger partial charge in [-0.25, -0.2) is 9.98 Å². The summed E-state index contributed by atoms with van der Waals surface area (Å²) < 4.78 is 5.07. The van der Waals surface area contributed by atoms with E-state index in [9.17, 15) is 4.79 Å². The van der Waals surface area contributed by atoms with Gasteiger partial charge in [-0.2, -0.15) is 0 Å². The van der Waals surface area contributed by atoms with Crippen LogP contribution in [0.5, 0.6) is 5.75 Å². The quantitative estimate of drug-likeness (QED) is 0.482.